The lowest BCUT2D eigenvalue weighted by Gasteiger charge is -2.45. The zero-order valence-corrected chi connectivity index (χ0v) is 21.6. The highest BCUT2D eigenvalue weighted by atomic mass is 35.5. The van der Waals surface area contributed by atoms with Crippen molar-refractivity contribution in [2.45, 2.75) is 52.8 Å². The zero-order chi connectivity index (χ0) is 25.2. The molecule has 3 heterocycles. The Balaban J connectivity index is 1.51. The van der Waals surface area contributed by atoms with Gasteiger partial charge in [0.15, 0.2) is 5.65 Å². The molecular weight excluding hydrogens is 466 g/mol. The molecule has 35 heavy (non-hydrogen) atoms. The summed E-state index contributed by atoms with van der Waals surface area (Å²) in [5.41, 5.74) is 1.30. The predicted molar refractivity (Wildman–Crippen MR) is 138 cm³/mol. The van der Waals surface area contributed by atoms with E-state index in [1.165, 1.54) is 0 Å². The van der Waals surface area contributed by atoms with Gasteiger partial charge in [-0.1, -0.05) is 37.6 Å². The molecule has 0 amide bonds. The fourth-order valence-electron chi connectivity index (χ4n) is 4.78. The summed E-state index contributed by atoms with van der Waals surface area (Å²) in [6.07, 6.45) is 1.89. The van der Waals surface area contributed by atoms with Gasteiger partial charge in [0.05, 0.1) is 19.1 Å². The van der Waals surface area contributed by atoms with Crippen molar-refractivity contribution in [1.29, 1.82) is 0 Å². The third-order valence-electron chi connectivity index (χ3n) is 6.24. The second-order valence-electron chi connectivity index (χ2n) is 10.3. The highest BCUT2D eigenvalue weighted by Gasteiger charge is 2.34. The van der Waals surface area contributed by atoms with Crippen LogP contribution in [0.3, 0.4) is 0 Å². The summed E-state index contributed by atoms with van der Waals surface area (Å²) in [6.45, 7) is 11.5. The molecule has 0 aliphatic carbocycles. The van der Waals surface area contributed by atoms with Gasteiger partial charge in [0, 0.05) is 49.1 Å². The van der Waals surface area contributed by atoms with Gasteiger partial charge in [-0.05, 0) is 49.6 Å². The van der Waals surface area contributed by atoms with Crippen molar-refractivity contribution in [3.63, 3.8) is 0 Å². The Morgan fingerprint density at radius 1 is 1.17 bits per heavy atom. The summed E-state index contributed by atoms with van der Waals surface area (Å²) >= 11 is 6.23. The van der Waals surface area contributed by atoms with Gasteiger partial charge in [0.25, 0.3) is 0 Å². The molecule has 1 fully saturated rings. The molecule has 0 spiro atoms. The molecule has 4 rings (SSSR count). The molecule has 2 aromatic heterocycles. The number of hydrogen-bond acceptors (Lipinski definition) is 6. The molecule has 1 unspecified atom stereocenters. The van der Waals surface area contributed by atoms with E-state index < -0.39 is 0 Å². The Morgan fingerprint density at radius 3 is 2.69 bits per heavy atom. The van der Waals surface area contributed by atoms with Gasteiger partial charge in [-0.2, -0.15) is 0 Å². The molecule has 1 aliphatic rings. The monoisotopic (exact) mass is 499 g/mol. The van der Waals surface area contributed by atoms with Crippen LogP contribution in [0, 0.1) is 5.41 Å². The summed E-state index contributed by atoms with van der Waals surface area (Å²) in [5, 5.41) is 5.20. The van der Waals surface area contributed by atoms with Gasteiger partial charge in [-0.25, -0.2) is 9.48 Å². The third kappa shape index (κ3) is 6.24. The Kier molecular flexibility index (Phi) is 7.52. The highest BCUT2D eigenvalue weighted by Crippen LogP contribution is 2.27. The van der Waals surface area contributed by atoms with Gasteiger partial charge < -0.3 is 9.64 Å². The standard InChI is InChI=1S/C26H34ClN5O3/c1-19(2)35-24(33)15-22-16-29(21-9-7-8-20(27)14-21)12-13-30(22)17-26(3,4)18-32-25(34)31-11-6-5-10-23(31)28-32/h5-11,14,19,22H,12-13,15-18H2,1-4H3. The normalized spacial score (nSPS) is 17.3. The fourth-order valence-corrected chi connectivity index (χ4v) is 4.97. The zero-order valence-electron chi connectivity index (χ0n) is 20.9. The number of fused-ring (bicyclic) bond motifs is 1. The van der Waals surface area contributed by atoms with Crippen molar-refractivity contribution < 1.29 is 9.53 Å². The van der Waals surface area contributed by atoms with E-state index in [4.69, 9.17) is 16.3 Å². The molecular formula is C26H34ClN5O3. The van der Waals surface area contributed by atoms with E-state index in [0.29, 0.717) is 30.2 Å². The molecule has 0 saturated carbocycles. The first-order valence-corrected chi connectivity index (χ1v) is 12.5. The smallest absolute Gasteiger partial charge is 0.350 e. The maximum atomic E-state index is 12.8. The van der Waals surface area contributed by atoms with Crippen LogP contribution in [-0.2, 0) is 16.1 Å². The van der Waals surface area contributed by atoms with E-state index in [-0.39, 0.29) is 29.2 Å². The maximum Gasteiger partial charge on any atom is 0.350 e. The van der Waals surface area contributed by atoms with Crippen molar-refractivity contribution in [2.75, 3.05) is 31.1 Å². The number of pyridine rings is 1. The van der Waals surface area contributed by atoms with Crippen LogP contribution >= 0.6 is 11.6 Å². The number of ether oxygens (including phenoxy) is 1. The Hall–Kier alpha value is -2.84. The molecule has 3 aromatic rings. The molecule has 1 aliphatic heterocycles. The number of piperazine rings is 1. The Labute approximate surface area is 211 Å². The largest absolute Gasteiger partial charge is 0.463 e. The number of carbonyl (C=O) groups is 1. The number of hydrogen-bond donors (Lipinski definition) is 0. The van der Waals surface area contributed by atoms with E-state index in [1.807, 2.05) is 56.3 Å². The predicted octanol–water partition coefficient (Wildman–Crippen LogP) is 3.71. The van der Waals surface area contributed by atoms with Gasteiger partial charge >= 0.3 is 11.7 Å². The average molecular weight is 500 g/mol. The lowest BCUT2D eigenvalue weighted by Crippen LogP contribution is -2.56. The van der Waals surface area contributed by atoms with Crippen LogP contribution in [0.2, 0.25) is 5.02 Å². The van der Waals surface area contributed by atoms with Gasteiger partial charge in [-0.15, -0.1) is 5.10 Å². The SMILES string of the molecule is CC(C)OC(=O)CC1CN(c2cccc(Cl)c2)CCN1CC(C)(C)Cn1nc2ccccn2c1=O. The van der Waals surface area contributed by atoms with Crippen molar-refractivity contribution >= 4 is 28.9 Å². The first kappa shape index (κ1) is 25.3. The topological polar surface area (TPSA) is 72.1 Å². The summed E-state index contributed by atoms with van der Waals surface area (Å²) in [4.78, 5) is 30.1. The van der Waals surface area contributed by atoms with E-state index in [2.05, 4.69) is 28.7 Å². The van der Waals surface area contributed by atoms with Crippen LogP contribution < -0.4 is 10.6 Å². The van der Waals surface area contributed by atoms with Gasteiger partial charge in [0.1, 0.15) is 0 Å². The molecule has 0 bridgehead atoms. The molecule has 9 heteroatoms. The average Bonchev–Trinajstić information content (AvgIpc) is 3.09. The van der Waals surface area contributed by atoms with Crippen LogP contribution in [0.25, 0.3) is 5.65 Å². The second kappa shape index (κ2) is 10.4. The number of carbonyl (C=O) groups excluding carboxylic acids is 1. The quantitative estimate of drug-likeness (QED) is 0.440. The first-order valence-electron chi connectivity index (χ1n) is 12.1. The minimum atomic E-state index is -0.250. The van der Waals surface area contributed by atoms with E-state index >= 15 is 0 Å². The lowest BCUT2D eigenvalue weighted by molar-refractivity contribution is -0.149. The minimum Gasteiger partial charge on any atom is -0.463 e. The number of anilines is 1. The number of benzene rings is 1. The number of esters is 1. The van der Waals surface area contributed by atoms with Crippen LogP contribution in [-0.4, -0.2) is 63.4 Å². The highest BCUT2D eigenvalue weighted by molar-refractivity contribution is 6.30. The minimum absolute atomic E-state index is 0.0222. The summed E-state index contributed by atoms with van der Waals surface area (Å²) in [5.74, 6) is -0.197. The van der Waals surface area contributed by atoms with Crippen molar-refractivity contribution in [1.82, 2.24) is 19.1 Å². The second-order valence-corrected chi connectivity index (χ2v) is 10.8. The molecule has 1 atom stereocenters. The fraction of sp³-hybridized carbons (Fsp3) is 0.500. The molecule has 0 N–H and O–H groups in total. The van der Waals surface area contributed by atoms with Crippen molar-refractivity contribution in [3.05, 3.63) is 64.2 Å². The molecule has 1 saturated heterocycles. The maximum absolute atomic E-state index is 12.8. The number of rotatable bonds is 8. The number of aromatic nitrogens is 3. The summed E-state index contributed by atoms with van der Waals surface area (Å²) < 4.78 is 8.57. The number of halogens is 1. The summed E-state index contributed by atoms with van der Waals surface area (Å²) in [6, 6.07) is 13.3. The molecule has 188 valence electrons. The Morgan fingerprint density at radius 2 is 1.97 bits per heavy atom. The first-order chi connectivity index (χ1) is 16.6. The molecule has 1 aromatic carbocycles. The van der Waals surface area contributed by atoms with Crippen LogP contribution in [0.4, 0.5) is 5.69 Å². The number of nitrogens with zero attached hydrogens (tertiary/aromatic N) is 5. The van der Waals surface area contributed by atoms with Crippen molar-refractivity contribution in [3.8, 4) is 0 Å². The summed E-state index contributed by atoms with van der Waals surface area (Å²) in [7, 11) is 0. The van der Waals surface area contributed by atoms with Crippen molar-refractivity contribution in [2.24, 2.45) is 5.41 Å². The van der Waals surface area contributed by atoms with E-state index in [1.54, 1.807) is 15.3 Å². The van der Waals surface area contributed by atoms with Gasteiger partial charge in [0.2, 0.25) is 0 Å². The lowest BCUT2D eigenvalue weighted by atomic mass is 9.91. The van der Waals surface area contributed by atoms with Gasteiger partial charge in [-0.3, -0.25) is 14.1 Å². The third-order valence-corrected chi connectivity index (χ3v) is 6.48. The Bertz CT molecular complexity index is 1230. The van der Waals surface area contributed by atoms with Crippen LogP contribution in [0.15, 0.2) is 53.5 Å². The molecule has 0 radical (unpaired) electrons. The molecule has 8 nitrogen and oxygen atoms in total. The van der Waals surface area contributed by atoms with Crippen LogP contribution in [0.1, 0.15) is 34.1 Å². The van der Waals surface area contributed by atoms with E-state index in [0.717, 1.165) is 25.3 Å². The van der Waals surface area contributed by atoms with E-state index in [9.17, 15) is 9.59 Å². The van der Waals surface area contributed by atoms with Crippen LogP contribution in [0.5, 0.6) is 0 Å².